The van der Waals surface area contributed by atoms with E-state index in [9.17, 15) is 0 Å². The predicted molar refractivity (Wildman–Crippen MR) is 99.2 cm³/mol. The van der Waals surface area contributed by atoms with E-state index in [1.165, 1.54) is 5.57 Å². The lowest BCUT2D eigenvalue weighted by molar-refractivity contribution is 0.153. The van der Waals surface area contributed by atoms with Gasteiger partial charge in [-0.25, -0.2) is 0 Å². The molecule has 1 aromatic rings. The first-order valence-electron chi connectivity index (χ1n) is 8.25. The molecule has 0 aliphatic carbocycles. The van der Waals surface area contributed by atoms with E-state index in [1.807, 2.05) is 12.1 Å². The Kier molecular flexibility index (Phi) is 7.40. The van der Waals surface area contributed by atoms with E-state index in [0.717, 1.165) is 31.7 Å². The van der Waals surface area contributed by atoms with Crippen molar-refractivity contribution in [2.24, 2.45) is 4.99 Å². The monoisotopic (exact) mass is 349 g/mol. The van der Waals surface area contributed by atoms with Gasteiger partial charge in [0.15, 0.2) is 17.5 Å². The molecule has 0 aromatic heterocycles. The molecule has 0 atom stereocenters. The van der Waals surface area contributed by atoms with Crippen LogP contribution in [0.3, 0.4) is 0 Å². The van der Waals surface area contributed by atoms with Crippen LogP contribution in [0.15, 0.2) is 28.8 Å². The Hall–Kier alpha value is -2.41. The van der Waals surface area contributed by atoms with Gasteiger partial charge in [-0.1, -0.05) is 11.6 Å². The SMILES string of the molecule is CN=C(NCCC1=CCOCC1)Nc1cc(OC)c(OC)c(OC)c1. The standard InChI is InChI=1S/C18H27N3O4/c1-19-18(20-8-5-13-6-9-25-10-7-13)21-14-11-15(22-2)17(24-4)16(12-14)23-3/h6,11-12H,5,7-10H2,1-4H3,(H2,19,20,21). The summed E-state index contributed by atoms with van der Waals surface area (Å²) in [7, 11) is 6.51. The molecule has 1 aliphatic heterocycles. The van der Waals surface area contributed by atoms with Gasteiger partial charge in [0.2, 0.25) is 5.75 Å². The maximum atomic E-state index is 5.37. The van der Waals surface area contributed by atoms with Gasteiger partial charge in [0.1, 0.15) is 0 Å². The van der Waals surface area contributed by atoms with Crippen LogP contribution in [0.4, 0.5) is 5.69 Å². The first-order chi connectivity index (χ1) is 12.2. The van der Waals surface area contributed by atoms with Crippen LogP contribution < -0.4 is 24.8 Å². The summed E-state index contributed by atoms with van der Waals surface area (Å²) in [4.78, 5) is 4.26. The van der Waals surface area contributed by atoms with Gasteiger partial charge in [0.05, 0.1) is 34.5 Å². The second-order valence-electron chi connectivity index (χ2n) is 5.48. The number of anilines is 1. The lowest BCUT2D eigenvalue weighted by Crippen LogP contribution is -2.31. The van der Waals surface area contributed by atoms with Gasteiger partial charge in [-0.2, -0.15) is 0 Å². The van der Waals surface area contributed by atoms with Gasteiger partial charge >= 0.3 is 0 Å². The Bertz CT molecular complexity index is 604. The Balaban J connectivity index is 1.99. The second-order valence-corrected chi connectivity index (χ2v) is 5.48. The number of aliphatic imine (C=N–C) groups is 1. The highest BCUT2D eigenvalue weighted by Gasteiger charge is 2.14. The molecule has 0 saturated carbocycles. The molecule has 0 radical (unpaired) electrons. The first-order valence-corrected chi connectivity index (χ1v) is 8.25. The third-order valence-electron chi connectivity index (χ3n) is 3.95. The smallest absolute Gasteiger partial charge is 0.203 e. The topological polar surface area (TPSA) is 73.3 Å². The fourth-order valence-corrected chi connectivity index (χ4v) is 2.60. The highest BCUT2D eigenvalue weighted by Crippen LogP contribution is 2.39. The summed E-state index contributed by atoms with van der Waals surface area (Å²) in [6.45, 7) is 2.33. The van der Waals surface area contributed by atoms with Crippen LogP contribution in [-0.4, -0.2) is 54.1 Å². The van der Waals surface area contributed by atoms with Crippen molar-refractivity contribution in [3.63, 3.8) is 0 Å². The summed E-state index contributed by atoms with van der Waals surface area (Å²) < 4.78 is 21.4. The summed E-state index contributed by atoms with van der Waals surface area (Å²) >= 11 is 0. The molecule has 0 fully saturated rings. The zero-order valence-electron chi connectivity index (χ0n) is 15.3. The summed E-state index contributed by atoms with van der Waals surface area (Å²) in [6, 6.07) is 3.68. The molecule has 138 valence electrons. The highest BCUT2D eigenvalue weighted by atomic mass is 16.5. The third-order valence-corrected chi connectivity index (χ3v) is 3.95. The number of nitrogens with one attached hydrogen (secondary N) is 2. The van der Waals surface area contributed by atoms with Gasteiger partial charge in [-0.3, -0.25) is 4.99 Å². The van der Waals surface area contributed by atoms with Crippen LogP contribution in [0.5, 0.6) is 17.2 Å². The Morgan fingerprint density at radius 3 is 2.40 bits per heavy atom. The largest absolute Gasteiger partial charge is 0.493 e. The molecular formula is C18H27N3O4. The molecule has 0 spiro atoms. The fourth-order valence-electron chi connectivity index (χ4n) is 2.60. The van der Waals surface area contributed by atoms with Crippen LogP contribution >= 0.6 is 0 Å². The molecule has 25 heavy (non-hydrogen) atoms. The Morgan fingerprint density at radius 1 is 1.16 bits per heavy atom. The van der Waals surface area contributed by atoms with Crippen molar-refractivity contribution < 1.29 is 18.9 Å². The van der Waals surface area contributed by atoms with Crippen LogP contribution in [-0.2, 0) is 4.74 Å². The molecule has 7 heteroatoms. The Labute approximate surface area is 149 Å². The van der Waals surface area contributed by atoms with E-state index < -0.39 is 0 Å². The van der Waals surface area contributed by atoms with Crippen LogP contribution in [0, 0.1) is 0 Å². The van der Waals surface area contributed by atoms with Gasteiger partial charge < -0.3 is 29.6 Å². The lowest BCUT2D eigenvalue weighted by atomic mass is 10.1. The Morgan fingerprint density at radius 2 is 1.88 bits per heavy atom. The third kappa shape index (κ3) is 5.29. The quantitative estimate of drug-likeness (QED) is 0.447. The van der Waals surface area contributed by atoms with E-state index in [0.29, 0.717) is 29.8 Å². The fraction of sp³-hybridized carbons (Fsp3) is 0.500. The van der Waals surface area contributed by atoms with E-state index in [4.69, 9.17) is 18.9 Å². The van der Waals surface area contributed by atoms with Crippen molar-refractivity contribution in [1.82, 2.24) is 5.32 Å². The molecule has 1 aliphatic rings. The number of rotatable bonds is 7. The molecule has 0 unspecified atom stereocenters. The maximum Gasteiger partial charge on any atom is 0.203 e. The van der Waals surface area contributed by atoms with Gasteiger partial charge in [0, 0.05) is 31.4 Å². The number of hydrogen-bond donors (Lipinski definition) is 2. The normalized spacial score (nSPS) is 14.6. The average Bonchev–Trinajstić information content (AvgIpc) is 2.67. The molecule has 7 nitrogen and oxygen atoms in total. The molecule has 2 rings (SSSR count). The molecule has 0 saturated heterocycles. The molecule has 2 N–H and O–H groups in total. The van der Waals surface area contributed by atoms with Crippen molar-refractivity contribution in [3.8, 4) is 17.2 Å². The molecule has 0 amide bonds. The summed E-state index contributed by atoms with van der Waals surface area (Å²) in [5.74, 6) is 2.42. The first kappa shape index (κ1) is 18.9. The predicted octanol–water partition coefficient (Wildman–Crippen LogP) is 2.44. The average molecular weight is 349 g/mol. The van der Waals surface area contributed by atoms with Crippen molar-refractivity contribution >= 4 is 11.6 Å². The summed E-state index contributed by atoms with van der Waals surface area (Å²) in [5.41, 5.74) is 2.22. The number of methoxy groups -OCH3 is 3. The van der Waals surface area contributed by atoms with E-state index in [1.54, 1.807) is 28.4 Å². The van der Waals surface area contributed by atoms with Gasteiger partial charge in [0.25, 0.3) is 0 Å². The maximum absolute atomic E-state index is 5.37. The van der Waals surface area contributed by atoms with Crippen LogP contribution in [0.25, 0.3) is 0 Å². The minimum absolute atomic E-state index is 0.560. The summed E-state index contributed by atoms with van der Waals surface area (Å²) in [6.07, 6.45) is 4.13. The van der Waals surface area contributed by atoms with Crippen molar-refractivity contribution in [1.29, 1.82) is 0 Å². The minimum Gasteiger partial charge on any atom is -0.493 e. The molecular weight excluding hydrogens is 322 g/mol. The highest BCUT2D eigenvalue weighted by molar-refractivity contribution is 5.94. The second kappa shape index (κ2) is 9.78. The zero-order chi connectivity index (χ0) is 18.1. The number of nitrogens with zero attached hydrogens (tertiary/aromatic N) is 1. The number of ether oxygens (including phenoxy) is 4. The number of benzene rings is 1. The summed E-state index contributed by atoms with van der Waals surface area (Å²) in [5, 5.41) is 6.56. The van der Waals surface area contributed by atoms with Crippen molar-refractivity contribution in [2.75, 3.05) is 53.5 Å². The molecule has 0 bridgehead atoms. The lowest BCUT2D eigenvalue weighted by Gasteiger charge is -2.17. The van der Waals surface area contributed by atoms with E-state index >= 15 is 0 Å². The number of guanidine groups is 1. The van der Waals surface area contributed by atoms with Gasteiger partial charge in [-0.05, 0) is 12.8 Å². The number of hydrogen-bond acceptors (Lipinski definition) is 5. The zero-order valence-corrected chi connectivity index (χ0v) is 15.3. The molecule has 1 aromatic carbocycles. The van der Waals surface area contributed by atoms with E-state index in [2.05, 4.69) is 21.7 Å². The van der Waals surface area contributed by atoms with E-state index in [-0.39, 0.29) is 0 Å². The van der Waals surface area contributed by atoms with Crippen LogP contribution in [0.1, 0.15) is 12.8 Å². The van der Waals surface area contributed by atoms with Crippen molar-refractivity contribution in [3.05, 3.63) is 23.8 Å². The van der Waals surface area contributed by atoms with Crippen molar-refractivity contribution in [2.45, 2.75) is 12.8 Å². The van der Waals surface area contributed by atoms with Crippen LogP contribution in [0.2, 0.25) is 0 Å². The minimum atomic E-state index is 0.560. The van der Waals surface area contributed by atoms with Gasteiger partial charge in [-0.15, -0.1) is 0 Å². The molecule has 1 heterocycles.